The molecule has 0 aliphatic rings. The minimum atomic E-state index is 0.719. The molecule has 1 N–H and O–H groups in total. The molecular formula is C17H13BrClN3S. The van der Waals surface area contributed by atoms with Gasteiger partial charge < -0.3 is 0 Å². The van der Waals surface area contributed by atoms with Crippen LogP contribution in [0.1, 0.15) is 12.5 Å². The van der Waals surface area contributed by atoms with Gasteiger partial charge in [0.1, 0.15) is 0 Å². The minimum Gasteiger partial charge on any atom is -0.252 e. The number of hydrogen-bond acceptors (Lipinski definition) is 4. The molecule has 0 amide bonds. The normalized spacial score (nSPS) is 11.5. The molecule has 0 fully saturated rings. The van der Waals surface area contributed by atoms with E-state index in [2.05, 4.69) is 31.4 Å². The first-order chi connectivity index (χ1) is 11.1. The van der Waals surface area contributed by atoms with Crippen molar-refractivity contribution in [1.82, 2.24) is 4.98 Å². The maximum absolute atomic E-state index is 5.91. The van der Waals surface area contributed by atoms with Crippen molar-refractivity contribution in [3.05, 3.63) is 69.0 Å². The van der Waals surface area contributed by atoms with Gasteiger partial charge in [-0.1, -0.05) is 51.8 Å². The number of benzene rings is 2. The SMILES string of the molecule is C/C(=N/Nc1nc(-c2ccc(Cl)cc2)cs1)c1ccc(Br)cc1. The van der Waals surface area contributed by atoms with Gasteiger partial charge >= 0.3 is 0 Å². The summed E-state index contributed by atoms with van der Waals surface area (Å²) in [4.78, 5) is 4.54. The summed E-state index contributed by atoms with van der Waals surface area (Å²) in [6, 6.07) is 15.7. The van der Waals surface area contributed by atoms with Gasteiger partial charge in [0.2, 0.25) is 5.13 Å². The molecule has 2 aromatic carbocycles. The van der Waals surface area contributed by atoms with Crippen LogP contribution >= 0.6 is 38.9 Å². The summed E-state index contributed by atoms with van der Waals surface area (Å²) < 4.78 is 1.05. The van der Waals surface area contributed by atoms with Crippen molar-refractivity contribution in [2.45, 2.75) is 6.92 Å². The molecule has 0 aliphatic carbocycles. The second-order valence-electron chi connectivity index (χ2n) is 4.86. The summed E-state index contributed by atoms with van der Waals surface area (Å²) in [5, 5.41) is 7.87. The molecule has 23 heavy (non-hydrogen) atoms. The molecule has 0 saturated heterocycles. The molecule has 0 atom stereocenters. The van der Waals surface area contributed by atoms with Crippen LogP contribution in [0.5, 0.6) is 0 Å². The molecule has 0 unspecified atom stereocenters. The van der Waals surface area contributed by atoms with Crippen LogP contribution in [0.25, 0.3) is 11.3 Å². The van der Waals surface area contributed by atoms with Crippen molar-refractivity contribution in [3.63, 3.8) is 0 Å². The highest BCUT2D eigenvalue weighted by molar-refractivity contribution is 9.10. The third-order valence-electron chi connectivity index (χ3n) is 3.23. The molecule has 3 rings (SSSR count). The fourth-order valence-electron chi connectivity index (χ4n) is 1.97. The zero-order valence-corrected chi connectivity index (χ0v) is 15.4. The predicted molar refractivity (Wildman–Crippen MR) is 103 cm³/mol. The molecular weight excluding hydrogens is 394 g/mol. The summed E-state index contributed by atoms with van der Waals surface area (Å²) in [5.74, 6) is 0. The van der Waals surface area contributed by atoms with Gasteiger partial charge in [0, 0.05) is 20.4 Å². The van der Waals surface area contributed by atoms with Gasteiger partial charge in [-0.2, -0.15) is 5.10 Å². The van der Waals surface area contributed by atoms with Crippen molar-refractivity contribution in [1.29, 1.82) is 0 Å². The van der Waals surface area contributed by atoms with E-state index in [1.807, 2.05) is 60.8 Å². The maximum atomic E-state index is 5.91. The van der Waals surface area contributed by atoms with E-state index in [-0.39, 0.29) is 0 Å². The van der Waals surface area contributed by atoms with Crippen molar-refractivity contribution in [2.75, 3.05) is 5.43 Å². The number of hydrazone groups is 1. The lowest BCUT2D eigenvalue weighted by Crippen LogP contribution is -1.99. The van der Waals surface area contributed by atoms with Gasteiger partial charge in [-0.15, -0.1) is 11.3 Å². The molecule has 0 spiro atoms. The maximum Gasteiger partial charge on any atom is 0.203 e. The van der Waals surface area contributed by atoms with Crippen molar-refractivity contribution < 1.29 is 0 Å². The summed E-state index contributed by atoms with van der Waals surface area (Å²) >= 11 is 10.9. The number of aromatic nitrogens is 1. The van der Waals surface area contributed by atoms with E-state index in [4.69, 9.17) is 11.6 Å². The predicted octanol–water partition coefficient (Wildman–Crippen LogP) is 6.06. The molecule has 3 nitrogen and oxygen atoms in total. The Hall–Kier alpha value is -1.69. The number of nitrogens with zero attached hydrogens (tertiary/aromatic N) is 2. The van der Waals surface area contributed by atoms with E-state index in [1.54, 1.807) is 0 Å². The van der Waals surface area contributed by atoms with Crippen LogP contribution in [0.15, 0.2) is 63.5 Å². The highest BCUT2D eigenvalue weighted by Gasteiger charge is 2.04. The number of hydrogen-bond donors (Lipinski definition) is 1. The summed E-state index contributed by atoms with van der Waals surface area (Å²) in [5.41, 5.74) is 6.93. The van der Waals surface area contributed by atoms with Gasteiger partial charge in [0.25, 0.3) is 0 Å². The fourth-order valence-corrected chi connectivity index (χ4v) is 3.02. The van der Waals surface area contributed by atoms with Gasteiger partial charge in [0.15, 0.2) is 0 Å². The van der Waals surface area contributed by atoms with Gasteiger partial charge in [-0.05, 0) is 36.8 Å². The lowest BCUT2D eigenvalue weighted by atomic mass is 10.1. The Labute approximate surface area is 152 Å². The standard InChI is InChI=1S/C17H13BrClN3S/c1-11(12-2-6-14(18)7-3-12)21-22-17-20-16(10-23-17)13-4-8-15(19)9-5-13/h2-10H,1H3,(H,20,22)/b21-11-. The van der Waals surface area contributed by atoms with Crippen molar-refractivity contribution in [2.24, 2.45) is 5.10 Å². The Bertz CT molecular complexity index is 826. The zero-order chi connectivity index (χ0) is 16.2. The second kappa shape index (κ2) is 7.25. The first-order valence-electron chi connectivity index (χ1n) is 6.89. The number of anilines is 1. The Morgan fingerprint density at radius 1 is 1.13 bits per heavy atom. The Morgan fingerprint density at radius 2 is 1.83 bits per heavy atom. The molecule has 0 aliphatic heterocycles. The van der Waals surface area contributed by atoms with Crippen LogP contribution in [0.2, 0.25) is 5.02 Å². The molecule has 1 heterocycles. The van der Waals surface area contributed by atoms with Gasteiger partial charge in [0.05, 0.1) is 11.4 Å². The van der Waals surface area contributed by atoms with Crippen LogP contribution < -0.4 is 5.43 Å². The second-order valence-corrected chi connectivity index (χ2v) is 7.07. The quantitative estimate of drug-likeness (QED) is 0.422. The van der Waals surface area contributed by atoms with E-state index in [0.29, 0.717) is 0 Å². The molecule has 0 saturated carbocycles. The van der Waals surface area contributed by atoms with Crippen LogP contribution in [0.4, 0.5) is 5.13 Å². The van der Waals surface area contributed by atoms with Crippen LogP contribution in [-0.4, -0.2) is 10.7 Å². The van der Waals surface area contributed by atoms with E-state index in [9.17, 15) is 0 Å². The average Bonchev–Trinajstić information content (AvgIpc) is 3.03. The third-order valence-corrected chi connectivity index (χ3v) is 4.75. The van der Waals surface area contributed by atoms with Gasteiger partial charge in [-0.3, -0.25) is 5.43 Å². The summed E-state index contributed by atoms with van der Waals surface area (Å²) in [6.07, 6.45) is 0. The van der Waals surface area contributed by atoms with E-state index >= 15 is 0 Å². The van der Waals surface area contributed by atoms with E-state index in [0.717, 1.165) is 37.2 Å². The zero-order valence-electron chi connectivity index (χ0n) is 12.3. The lowest BCUT2D eigenvalue weighted by Gasteiger charge is -2.01. The summed E-state index contributed by atoms with van der Waals surface area (Å²) in [7, 11) is 0. The Morgan fingerprint density at radius 3 is 2.52 bits per heavy atom. The molecule has 0 bridgehead atoms. The highest BCUT2D eigenvalue weighted by Crippen LogP contribution is 2.26. The number of rotatable bonds is 4. The topological polar surface area (TPSA) is 37.3 Å². The monoisotopic (exact) mass is 405 g/mol. The number of halogens is 2. The lowest BCUT2D eigenvalue weighted by molar-refractivity contribution is 1.27. The molecule has 0 radical (unpaired) electrons. The third kappa shape index (κ3) is 4.19. The molecule has 1 aromatic heterocycles. The number of nitrogens with one attached hydrogen (secondary N) is 1. The Balaban J connectivity index is 1.72. The minimum absolute atomic E-state index is 0.719. The average molecular weight is 407 g/mol. The van der Waals surface area contributed by atoms with Crippen molar-refractivity contribution >= 4 is 49.7 Å². The fraction of sp³-hybridized carbons (Fsp3) is 0.0588. The molecule has 3 aromatic rings. The van der Waals surface area contributed by atoms with Gasteiger partial charge in [-0.25, -0.2) is 4.98 Å². The van der Waals surface area contributed by atoms with E-state index in [1.165, 1.54) is 11.3 Å². The largest absolute Gasteiger partial charge is 0.252 e. The van der Waals surface area contributed by atoms with Crippen LogP contribution in [0.3, 0.4) is 0 Å². The van der Waals surface area contributed by atoms with E-state index < -0.39 is 0 Å². The van der Waals surface area contributed by atoms with Crippen LogP contribution in [-0.2, 0) is 0 Å². The van der Waals surface area contributed by atoms with Crippen molar-refractivity contribution in [3.8, 4) is 11.3 Å². The first-order valence-corrected chi connectivity index (χ1v) is 8.94. The number of thiazole rings is 1. The Kier molecular flexibility index (Phi) is 5.10. The molecule has 116 valence electrons. The smallest absolute Gasteiger partial charge is 0.203 e. The highest BCUT2D eigenvalue weighted by atomic mass is 79.9. The summed E-state index contributed by atoms with van der Waals surface area (Å²) in [6.45, 7) is 1.96. The van der Waals surface area contributed by atoms with Crippen LogP contribution in [0, 0.1) is 0 Å². The molecule has 6 heteroatoms. The first kappa shape index (κ1) is 16.2.